The van der Waals surface area contributed by atoms with Gasteiger partial charge < -0.3 is 15.8 Å². The van der Waals surface area contributed by atoms with E-state index in [0.717, 1.165) is 6.61 Å². The van der Waals surface area contributed by atoms with Crippen molar-refractivity contribution in [2.75, 3.05) is 20.3 Å². The molecule has 1 aliphatic rings. The van der Waals surface area contributed by atoms with Gasteiger partial charge >= 0.3 is 0 Å². The highest BCUT2D eigenvalue weighted by Gasteiger charge is 2.29. The molecule has 1 saturated carbocycles. The first-order valence-corrected chi connectivity index (χ1v) is 5.65. The Labute approximate surface area is 91.5 Å². The summed E-state index contributed by atoms with van der Waals surface area (Å²) >= 11 is 0. The van der Waals surface area contributed by atoms with Crippen molar-refractivity contribution in [2.24, 2.45) is 11.7 Å². The number of hydrogen-bond acceptors (Lipinski definition) is 3. The zero-order chi connectivity index (χ0) is 11.3. The molecule has 0 bridgehead atoms. The van der Waals surface area contributed by atoms with Gasteiger partial charge in [0.05, 0.1) is 6.61 Å². The smallest absolute Gasteiger partial charge is 0.239 e. The van der Waals surface area contributed by atoms with Gasteiger partial charge in [-0.25, -0.2) is 0 Å². The van der Waals surface area contributed by atoms with Crippen LogP contribution in [0.25, 0.3) is 0 Å². The summed E-state index contributed by atoms with van der Waals surface area (Å²) in [6.45, 7) is 2.88. The molecule has 0 heterocycles. The molecule has 0 aromatic rings. The molecule has 0 aromatic heterocycles. The third kappa shape index (κ3) is 3.47. The Bertz CT molecular complexity index is 215. The molecule has 1 rings (SSSR count). The maximum absolute atomic E-state index is 11.2. The molecular weight excluding hydrogens is 192 g/mol. The highest BCUT2D eigenvalue weighted by atomic mass is 16.5. The minimum absolute atomic E-state index is 0.356. The summed E-state index contributed by atoms with van der Waals surface area (Å²) < 4.78 is 5.57. The van der Waals surface area contributed by atoms with Crippen LogP contribution in [0.4, 0.5) is 0 Å². The number of rotatable bonds is 6. The first-order valence-electron chi connectivity index (χ1n) is 5.65. The van der Waals surface area contributed by atoms with Crippen LogP contribution in [0.1, 0.15) is 32.6 Å². The third-order valence-corrected chi connectivity index (χ3v) is 3.31. The Morgan fingerprint density at radius 1 is 1.53 bits per heavy atom. The molecule has 1 fully saturated rings. The van der Waals surface area contributed by atoms with Crippen molar-refractivity contribution in [2.45, 2.75) is 38.1 Å². The van der Waals surface area contributed by atoms with Gasteiger partial charge in [-0.2, -0.15) is 0 Å². The second-order valence-corrected chi connectivity index (χ2v) is 4.61. The predicted octanol–water partition coefficient (Wildman–Crippen LogP) is 0.657. The summed E-state index contributed by atoms with van der Waals surface area (Å²) in [5.74, 6) is 0.315. The molecule has 0 aliphatic heterocycles. The Morgan fingerprint density at radius 3 is 2.60 bits per heavy atom. The van der Waals surface area contributed by atoms with Gasteiger partial charge in [-0.1, -0.05) is 12.8 Å². The van der Waals surface area contributed by atoms with Crippen LogP contribution in [-0.2, 0) is 9.53 Å². The standard InChI is InChI=1S/C11H22N2O2/c1-11(13-2,10(12)14)8-15-7-9-5-3-4-6-9/h9,13H,3-8H2,1-2H3,(H2,12,14). The average molecular weight is 214 g/mol. The zero-order valence-corrected chi connectivity index (χ0v) is 9.71. The fourth-order valence-corrected chi connectivity index (χ4v) is 1.87. The SMILES string of the molecule is CNC(C)(COCC1CCCC1)C(N)=O. The second kappa shape index (κ2) is 5.47. The second-order valence-electron chi connectivity index (χ2n) is 4.61. The molecule has 15 heavy (non-hydrogen) atoms. The van der Waals surface area contributed by atoms with Crippen LogP contribution in [0.2, 0.25) is 0 Å². The number of nitrogens with one attached hydrogen (secondary N) is 1. The Balaban J connectivity index is 2.25. The fourth-order valence-electron chi connectivity index (χ4n) is 1.87. The van der Waals surface area contributed by atoms with Crippen LogP contribution in [0.3, 0.4) is 0 Å². The van der Waals surface area contributed by atoms with Gasteiger partial charge in [0.2, 0.25) is 5.91 Å². The highest BCUT2D eigenvalue weighted by molar-refractivity contribution is 5.84. The van der Waals surface area contributed by atoms with E-state index in [1.807, 2.05) is 0 Å². The van der Waals surface area contributed by atoms with E-state index in [4.69, 9.17) is 10.5 Å². The van der Waals surface area contributed by atoms with Crippen LogP contribution in [-0.4, -0.2) is 31.7 Å². The number of hydrogen-bond donors (Lipinski definition) is 2. The number of amides is 1. The number of ether oxygens (including phenoxy) is 1. The van der Waals surface area contributed by atoms with Gasteiger partial charge in [0.1, 0.15) is 5.54 Å². The maximum atomic E-state index is 11.2. The van der Waals surface area contributed by atoms with Crippen molar-refractivity contribution in [3.63, 3.8) is 0 Å². The zero-order valence-electron chi connectivity index (χ0n) is 9.71. The van der Waals surface area contributed by atoms with E-state index in [1.165, 1.54) is 25.7 Å². The third-order valence-electron chi connectivity index (χ3n) is 3.31. The molecule has 4 nitrogen and oxygen atoms in total. The minimum atomic E-state index is -0.737. The van der Waals surface area contributed by atoms with E-state index in [-0.39, 0.29) is 5.91 Å². The lowest BCUT2D eigenvalue weighted by Crippen LogP contribution is -2.55. The molecule has 88 valence electrons. The molecule has 3 N–H and O–H groups in total. The normalized spacial score (nSPS) is 21.5. The number of likely N-dealkylation sites (N-methyl/N-ethyl adjacent to an activating group) is 1. The van der Waals surface area contributed by atoms with Crippen LogP contribution in [0.15, 0.2) is 0 Å². The van der Waals surface area contributed by atoms with Crippen molar-refractivity contribution < 1.29 is 9.53 Å². The van der Waals surface area contributed by atoms with Crippen molar-refractivity contribution in [3.8, 4) is 0 Å². The molecule has 4 heteroatoms. The van der Waals surface area contributed by atoms with Crippen LogP contribution >= 0.6 is 0 Å². The Hall–Kier alpha value is -0.610. The molecule has 0 radical (unpaired) electrons. The van der Waals surface area contributed by atoms with E-state index in [2.05, 4.69) is 5.32 Å². The van der Waals surface area contributed by atoms with Gasteiger partial charge in [0.25, 0.3) is 0 Å². The number of carbonyl (C=O) groups excluding carboxylic acids is 1. The van der Waals surface area contributed by atoms with Crippen molar-refractivity contribution >= 4 is 5.91 Å². The Kier molecular flexibility index (Phi) is 4.54. The van der Waals surface area contributed by atoms with Crippen LogP contribution in [0.5, 0.6) is 0 Å². The largest absolute Gasteiger partial charge is 0.379 e. The lowest BCUT2D eigenvalue weighted by atomic mass is 10.0. The summed E-state index contributed by atoms with van der Waals surface area (Å²) in [5.41, 5.74) is 4.56. The van der Waals surface area contributed by atoms with Crippen molar-refractivity contribution in [3.05, 3.63) is 0 Å². The molecule has 0 spiro atoms. The quantitative estimate of drug-likeness (QED) is 0.682. The summed E-state index contributed by atoms with van der Waals surface area (Å²) in [5, 5.41) is 2.90. The molecule has 1 unspecified atom stereocenters. The van der Waals surface area contributed by atoms with E-state index in [0.29, 0.717) is 12.5 Å². The summed E-state index contributed by atoms with van der Waals surface area (Å²) in [4.78, 5) is 11.2. The Morgan fingerprint density at radius 2 is 2.13 bits per heavy atom. The van der Waals surface area contributed by atoms with E-state index in [9.17, 15) is 4.79 Å². The average Bonchev–Trinajstić information content (AvgIpc) is 2.70. The van der Waals surface area contributed by atoms with E-state index in [1.54, 1.807) is 14.0 Å². The fraction of sp³-hybridized carbons (Fsp3) is 0.909. The monoisotopic (exact) mass is 214 g/mol. The lowest BCUT2D eigenvalue weighted by molar-refractivity contribution is -0.126. The molecule has 1 atom stereocenters. The predicted molar refractivity (Wildman–Crippen MR) is 59.4 cm³/mol. The van der Waals surface area contributed by atoms with Crippen LogP contribution < -0.4 is 11.1 Å². The van der Waals surface area contributed by atoms with E-state index < -0.39 is 5.54 Å². The summed E-state index contributed by atoms with van der Waals surface area (Å²) in [6, 6.07) is 0. The van der Waals surface area contributed by atoms with Crippen molar-refractivity contribution in [1.29, 1.82) is 0 Å². The molecule has 1 amide bonds. The number of carbonyl (C=O) groups is 1. The van der Waals surface area contributed by atoms with Gasteiger partial charge in [-0.15, -0.1) is 0 Å². The maximum Gasteiger partial charge on any atom is 0.239 e. The molecular formula is C11H22N2O2. The van der Waals surface area contributed by atoms with Gasteiger partial charge in [0.15, 0.2) is 0 Å². The lowest BCUT2D eigenvalue weighted by Gasteiger charge is -2.25. The van der Waals surface area contributed by atoms with Gasteiger partial charge in [-0.05, 0) is 32.7 Å². The van der Waals surface area contributed by atoms with Crippen LogP contribution in [0, 0.1) is 5.92 Å². The highest BCUT2D eigenvalue weighted by Crippen LogP contribution is 2.24. The summed E-state index contributed by atoms with van der Waals surface area (Å²) in [6.07, 6.45) is 5.14. The molecule has 0 saturated heterocycles. The molecule has 1 aliphatic carbocycles. The number of nitrogens with two attached hydrogens (primary N) is 1. The summed E-state index contributed by atoms with van der Waals surface area (Å²) in [7, 11) is 1.73. The van der Waals surface area contributed by atoms with Crippen molar-refractivity contribution in [1.82, 2.24) is 5.32 Å². The first-order chi connectivity index (χ1) is 7.08. The van der Waals surface area contributed by atoms with E-state index >= 15 is 0 Å². The molecule has 0 aromatic carbocycles. The first kappa shape index (κ1) is 12.5. The van der Waals surface area contributed by atoms with Gasteiger partial charge in [0, 0.05) is 6.61 Å². The van der Waals surface area contributed by atoms with Gasteiger partial charge in [-0.3, -0.25) is 4.79 Å². The minimum Gasteiger partial charge on any atom is -0.379 e. The topological polar surface area (TPSA) is 64.3 Å². The number of primary amides is 1.